The number of anilines is 1. The molecule has 1 nitrogen and oxygen atoms in total. The second kappa shape index (κ2) is 5.15. The Hall–Kier alpha value is -1.28. The second-order valence-corrected chi connectivity index (χ2v) is 6.51. The number of hydrogen-bond acceptors (Lipinski definition) is 2. The van der Waals surface area contributed by atoms with Crippen LogP contribution < -0.4 is 5.32 Å². The number of rotatable bonds is 3. The van der Waals surface area contributed by atoms with Crippen molar-refractivity contribution in [1.82, 2.24) is 0 Å². The molecule has 0 aliphatic carbocycles. The lowest BCUT2D eigenvalue weighted by Gasteiger charge is -2.17. The zero-order valence-corrected chi connectivity index (χ0v) is 12.6. The Balaban J connectivity index is 2.23. The Morgan fingerprint density at radius 1 is 1.06 bits per heavy atom. The van der Waals surface area contributed by atoms with E-state index in [1.807, 2.05) is 11.3 Å². The maximum absolute atomic E-state index is 3.63. The van der Waals surface area contributed by atoms with Crippen LogP contribution in [0.1, 0.15) is 39.4 Å². The fraction of sp³-hybridized carbons (Fsp3) is 0.375. The predicted molar refractivity (Wildman–Crippen MR) is 81.7 cm³/mol. The van der Waals surface area contributed by atoms with E-state index in [4.69, 9.17) is 0 Å². The Morgan fingerprint density at radius 2 is 1.78 bits per heavy atom. The van der Waals surface area contributed by atoms with E-state index in [9.17, 15) is 0 Å². The largest absolute Gasteiger partial charge is 0.378 e. The van der Waals surface area contributed by atoms with Crippen LogP contribution in [0.5, 0.6) is 0 Å². The molecule has 2 aromatic rings. The van der Waals surface area contributed by atoms with Gasteiger partial charge in [-0.05, 0) is 63.4 Å². The van der Waals surface area contributed by atoms with E-state index in [2.05, 4.69) is 64.2 Å². The molecule has 0 radical (unpaired) electrons. The van der Waals surface area contributed by atoms with E-state index in [-0.39, 0.29) is 0 Å². The summed E-state index contributed by atoms with van der Waals surface area (Å²) in [5.74, 6) is 0. The predicted octanol–water partition coefficient (Wildman–Crippen LogP) is 5.15. The van der Waals surface area contributed by atoms with Crippen LogP contribution in [-0.2, 0) is 0 Å². The van der Waals surface area contributed by atoms with Gasteiger partial charge in [-0.1, -0.05) is 12.1 Å². The molecule has 96 valence electrons. The van der Waals surface area contributed by atoms with Gasteiger partial charge in [0, 0.05) is 21.5 Å². The highest BCUT2D eigenvalue weighted by Crippen LogP contribution is 2.29. The summed E-state index contributed by atoms with van der Waals surface area (Å²) in [7, 11) is 0. The summed E-state index contributed by atoms with van der Waals surface area (Å²) in [5.41, 5.74) is 5.26. The average Bonchev–Trinajstić information content (AvgIpc) is 2.63. The molecule has 0 fully saturated rings. The molecule has 1 N–H and O–H groups in total. The van der Waals surface area contributed by atoms with E-state index in [0.29, 0.717) is 6.04 Å². The van der Waals surface area contributed by atoms with Crippen LogP contribution >= 0.6 is 11.3 Å². The van der Waals surface area contributed by atoms with E-state index >= 15 is 0 Å². The van der Waals surface area contributed by atoms with Gasteiger partial charge in [0.25, 0.3) is 0 Å². The van der Waals surface area contributed by atoms with Gasteiger partial charge in [-0.25, -0.2) is 0 Å². The van der Waals surface area contributed by atoms with Crippen LogP contribution in [0.25, 0.3) is 0 Å². The fourth-order valence-electron chi connectivity index (χ4n) is 2.28. The zero-order valence-electron chi connectivity index (χ0n) is 11.8. The topological polar surface area (TPSA) is 12.0 Å². The molecular formula is C16H21NS. The molecule has 18 heavy (non-hydrogen) atoms. The van der Waals surface area contributed by atoms with Crippen molar-refractivity contribution in [3.63, 3.8) is 0 Å². The average molecular weight is 259 g/mol. The summed E-state index contributed by atoms with van der Waals surface area (Å²) in [6.45, 7) is 10.9. The van der Waals surface area contributed by atoms with Gasteiger partial charge in [0.15, 0.2) is 0 Å². The van der Waals surface area contributed by atoms with E-state index in [1.54, 1.807) is 0 Å². The molecule has 1 heterocycles. The lowest BCUT2D eigenvalue weighted by molar-refractivity contribution is 0.879. The van der Waals surface area contributed by atoms with Gasteiger partial charge >= 0.3 is 0 Å². The first-order valence-corrected chi connectivity index (χ1v) is 7.19. The Bertz CT molecular complexity index is 554. The van der Waals surface area contributed by atoms with Gasteiger partial charge in [0.1, 0.15) is 0 Å². The maximum Gasteiger partial charge on any atom is 0.0496 e. The van der Waals surface area contributed by atoms with Crippen LogP contribution in [0, 0.1) is 27.7 Å². The summed E-state index contributed by atoms with van der Waals surface area (Å²) < 4.78 is 0. The molecule has 0 spiro atoms. The molecule has 0 aliphatic rings. The fourth-order valence-corrected chi connectivity index (χ4v) is 3.31. The summed E-state index contributed by atoms with van der Waals surface area (Å²) in [4.78, 5) is 2.80. The van der Waals surface area contributed by atoms with Crippen LogP contribution in [-0.4, -0.2) is 0 Å². The molecule has 1 unspecified atom stereocenters. The standard InChI is InChI=1S/C16H21NS/c1-10-6-7-11(2)16(8-10)17-13(4)15-9-12(3)18-14(15)5/h6-9,13,17H,1-5H3. The third-order valence-corrected chi connectivity index (χ3v) is 4.29. The second-order valence-electron chi connectivity index (χ2n) is 5.05. The smallest absolute Gasteiger partial charge is 0.0496 e. The first kappa shape index (κ1) is 13.2. The first-order valence-electron chi connectivity index (χ1n) is 6.38. The van der Waals surface area contributed by atoms with Crippen molar-refractivity contribution in [1.29, 1.82) is 0 Å². The van der Waals surface area contributed by atoms with Gasteiger partial charge in [0.05, 0.1) is 0 Å². The number of nitrogens with one attached hydrogen (secondary N) is 1. The van der Waals surface area contributed by atoms with Crippen molar-refractivity contribution in [3.8, 4) is 0 Å². The molecule has 1 aromatic heterocycles. The van der Waals surface area contributed by atoms with Crippen LogP contribution in [0.2, 0.25) is 0 Å². The molecule has 0 saturated heterocycles. The number of aryl methyl sites for hydroxylation is 4. The third kappa shape index (κ3) is 2.75. The minimum absolute atomic E-state index is 0.357. The summed E-state index contributed by atoms with van der Waals surface area (Å²) in [6, 6.07) is 9.21. The monoisotopic (exact) mass is 259 g/mol. The lowest BCUT2D eigenvalue weighted by Crippen LogP contribution is -2.08. The normalized spacial score (nSPS) is 12.5. The SMILES string of the molecule is Cc1ccc(C)c(NC(C)c2cc(C)sc2C)c1. The molecular weight excluding hydrogens is 238 g/mol. The van der Waals surface area contributed by atoms with Crippen molar-refractivity contribution < 1.29 is 0 Å². The first-order chi connectivity index (χ1) is 8.47. The molecule has 0 amide bonds. The molecule has 2 heteroatoms. The number of hydrogen-bond donors (Lipinski definition) is 1. The van der Waals surface area contributed by atoms with Crippen molar-refractivity contribution >= 4 is 17.0 Å². The highest BCUT2D eigenvalue weighted by Gasteiger charge is 2.11. The summed E-state index contributed by atoms with van der Waals surface area (Å²) >= 11 is 1.88. The van der Waals surface area contributed by atoms with E-state index in [1.165, 1.54) is 32.1 Å². The van der Waals surface area contributed by atoms with Gasteiger partial charge in [0.2, 0.25) is 0 Å². The van der Waals surface area contributed by atoms with Crippen molar-refractivity contribution in [2.75, 3.05) is 5.32 Å². The minimum atomic E-state index is 0.357. The van der Waals surface area contributed by atoms with Crippen molar-refractivity contribution in [2.45, 2.75) is 40.7 Å². The Kier molecular flexibility index (Phi) is 3.76. The van der Waals surface area contributed by atoms with Gasteiger partial charge in [-0.15, -0.1) is 11.3 Å². The summed E-state index contributed by atoms with van der Waals surface area (Å²) in [6.07, 6.45) is 0. The minimum Gasteiger partial charge on any atom is -0.378 e. The molecule has 0 bridgehead atoms. The van der Waals surface area contributed by atoms with Gasteiger partial charge in [-0.3, -0.25) is 0 Å². The highest BCUT2D eigenvalue weighted by atomic mass is 32.1. The highest BCUT2D eigenvalue weighted by molar-refractivity contribution is 7.12. The molecule has 1 atom stereocenters. The number of benzene rings is 1. The van der Waals surface area contributed by atoms with Crippen molar-refractivity contribution in [2.24, 2.45) is 0 Å². The van der Waals surface area contributed by atoms with Crippen LogP contribution in [0.15, 0.2) is 24.3 Å². The molecule has 0 aliphatic heterocycles. The van der Waals surface area contributed by atoms with Crippen LogP contribution in [0.3, 0.4) is 0 Å². The van der Waals surface area contributed by atoms with Gasteiger partial charge < -0.3 is 5.32 Å². The van der Waals surface area contributed by atoms with Crippen molar-refractivity contribution in [3.05, 3.63) is 50.7 Å². The lowest BCUT2D eigenvalue weighted by atomic mass is 10.1. The molecule has 1 aromatic carbocycles. The Labute approximate surface area is 114 Å². The third-order valence-electron chi connectivity index (χ3n) is 3.31. The zero-order chi connectivity index (χ0) is 13.3. The Morgan fingerprint density at radius 3 is 2.39 bits per heavy atom. The van der Waals surface area contributed by atoms with E-state index < -0.39 is 0 Å². The summed E-state index contributed by atoms with van der Waals surface area (Å²) in [5, 5.41) is 3.63. The molecule has 0 saturated carbocycles. The van der Waals surface area contributed by atoms with Gasteiger partial charge in [-0.2, -0.15) is 0 Å². The molecule has 2 rings (SSSR count). The maximum atomic E-state index is 3.63. The number of thiophene rings is 1. The van der Waals surface area contributed by atoms with E-state index in [0.717, 1.165) is 0 Å². The van der Waals surface area contributed by atoms with Crippen LogP contribution in [0.4, 0.5) is 5.69 Å². The quantitative estimate of drug-likeness (QED) is 0.803.